The molecule has 0 aliphatic carbocycles. The van der Waals surface area contributed by atoms with Crippen molar-refractivity contribution in [3.63, 3.8) is 0 Å². The molecule has 0 aliphatic heterocycles. The number of aromatic carboxylic acids is 1. The van der Waals surface area contributed by atoms with Crippen LogP contribution in [0.2, 0.25) is 5.02 Å². The Morgan fingerprint density at radius 2 is 2.00 bits per heavy atom. The molecule has 0 amide bonds. The number of nitrogens with one attached hydrogen (secondary N) is 1. The largest absolute Gasteiger partial charge is 0.493 e. The van der Waals surface area contributed by atoms with Crippen LogP contribution in [0.25, 0.3) is 0 Å². The summed E-state index contributed by atoms with van der Waals surface area (Å²) >= 11 is 6.36. The Morgan fingerprint density at radius 1 is 1.24 bits per heavy atom. The number of aryl methyl sites for hydroxylation is 1. The van der Waals surface area contributed by atoms with Gasteiger partial charge < -0.3 is 19.9 Å². The van der Waals surface area contributed by atoms with Gasteiger partial charge in [-0.25, -0.2) is 4.79 Å². The van der Waals surface area contributed by atoms with E-state index in [0.717, 1.165) is 23.2 Å². The van der Waals surface area contributed by atoms with Gasteiger partial charge in [0, 0.05) is 23.3 Å². The number of rotatable bonds is 8. The predicted molar refractivity (Wildman–Crippen MR) is 99.3 cm³/mol. The number of carboxylic acids is 1. The van der Waals surface area contributed by atoms with Crippen LogP contribution in [-0.2, 0) is 6.54 Å². The second kappa shape index (κ2) is 8.62. The fourth-order valence-corrected chi connectivity index (χ4v) is 2.55. The summed E-state index contributed by atoms with van der Waals surface area (Å²) in [6, 6.07) is 8.54. The number of benzene rings is 2. The van der Waals surface area contributed by atoms with E-state index in [-0.39, 0.29) is 5.56 Å². The van der Waals surface area contributed by atoms with E-state index >= 15 is 0 Å². The highest BCUT2D eigenvalue weighted by Crippen LogP contribution is 2.34. The molecule has 6 heteroatoms. The number of halogens is 1. The van der Waals surface area contributed by atoms with Gasteiger partial charge in [-0.2, -0.15) is 0 Å². The Bertz CT molecular complexity index is 761. The smallest absolute Gasteiger partial charge is 0.335 e. The second-order valence-corrected chi connectivity index (χ2v) is 6.04. The zero-order valence-corrected chi connectivity index (χ0v) is 15.3. The van der Waals surface area contributed by atoms with Gasteiger partial charge in [0.1, 0.15) is 0 Å². The van der Waals surface area contributed by atoms with E-state index in [4.69, 9.17) is 26.2 Å². The molecule has 0 spiro atoms. The van der Waals surface area contributed by atoms with E-state index in [1.54, 1.807) is 31.4 Å². The lowest BCUT2D eigenvalue weighted by molar-refractivity contribution is 0.0697. The lowest BCUT2D eigenvalue weighted by atomic mass is 10.1. The number of hydrogen-bond donors (Lipinski definition) is 2. The average Bonchev–Trinajstić information content (AvgIpc) is 2.59. The molecule has 0 radical (unpaired) electrons. The molecule has 0 heterocycles. The average molecular weight is 364 g/mol. The number of hydrogen-bond acceptors (Lipinski definition) is 4. The maximum absolute atomic E-state index is 11.1. The van der Waals surface area contributed by atoms with Gasteiger partial charge in [-0.05, 0) is 42.7 Å². The maximum atomic E-state index is 11.1. The highest BCUT2D eigenvalue weighted by Gasteiger charge is 2.12. The van der Waals surface area contributed by atoms with Gasteiger partial charge in [-0.1, -0.05) is 24.6 Å². The summed E-state index contributed by atoms with van der Waals surface area (Å²) in [4.78, 5) is 11.1. The molecule has 0 aromatic heterocycles. The van der Waals surface area contributed by atoms with Crippen molar-refractivity contribution >= 4 is 23.3 Å². The summed E-state index contributed by atoms with van der Waals surface area (Å²) in [5, 5.41) is 12.9. The quantitative estimate of drug-likeness (QED) is 0.708. The molecule has 2 aromatic rings. The minimum atomic E-state index is -0.958. The van der Waals surface area contributed by atoms with Gasteiger partial charge >= 0.3 is 5.97 Å². The summed E-state index contributed by atoms with van der Waals surface area (Å²) in [6.07, 6.45) is 0.892. The van der Waals surface area contributed by atoms with Crippen molar-refractivity contribution in [2.45, 2.75) is 26.8 Å². The normalized spacial score (nSPS) is 10.4. The molecule has 0 fully saturated rings. The molecule has 0 aliphatic rings. The first-order valence-corrected chi connectivity index (χ1v) is 8.41. The van der Waals surface area contributed by atoms with Gasteiger partial charge in [-0.15, -0.1) is 0 Å². The molecular weight excluding hydrogens is 342 g/mol. The monoisotopic (exact) mass is 363 g/mol. The Morgan fingerprint density at radius 3 is 2.64 bits per heavy atom. The molecule has 0 unspecified atom stereocenters. The Labute approximate surface area is 152 Å². The van der Waals surface area contributed by atoms with Gasteiger partial charge in [-0.3, -0.25) is 0 Å². The third-order valence-corrected chi connectivity index (χ3v) is 4.10. The fraction of sp³-hybridized carbons (Fsp3) is 0.316. The lowest BCUT2D eigenvalue weighted by Gasteiger charge is -2.15. The van der Waals surface area contributed by atoms with Gasteiger partial charge in [0.2, 0.25) is 0 Å². The highest BCUT2D eigenvalue weighted by molar-refractivity contribution is 6.31. The molecule has 2 rings (SSSR count). The molecule has 5 nitrogen and oxygen atoms in total. The summed E-state index contributed by atoms with van der Waals surface area (Å²) in [6.45, 7) is 4.97. The van der Waals surface area contributed by atoms with Crippen molar-refractivity contribution in [1.29, 1.82) is 0 Å². The third-order valence-electron chi connectivity index (χ3n) is 3.75. The Hall–Kier alpha value is -2.40. The van der Waals surface area contributed by atoms with Crippen LogP contribution >= 0.6 is 11.6 Å². The van der Waals surface area contributed by atoms with Gasteiger partial charge in [0.15, 0.2) is 11.5 Å². The molecular formula is C19H22ClNO4. The van der Waals surface area contributed by atoms with Crippen LogP contribution in [-0.4, -0.2) is 24.8 Å². The zero-order valence-electron chi connectivity index (χ0n) is 14.6. The van der Waals surface area contributed by atoms with Crippen LogP contribution in [0.1, 0.15) is 34.8 Å². The van der Waals surface area contributed by atoms with Crippen LogP contribution in [0, 0.1) is 6.92 Å². The molecule has 0 bridgehead atoms. The van der Waals surface area contributed by atoms with Crippen LogP contribution < -0.4 is 14.8 Å². The minimum Gasteiger partial charge on any atom is -0.493 e. The van der Waals surface area contributed by atoms with Crippen LogP contribution in [0.15, 0.2) is 30.3 Å². The van der Waals surface area contributed by atoms with E-state index in [2.05, 4.69) is 5.32 Å². The summed E-state index contributed by atoms with van der Waals surface area (Å²) in [5.74, 6) is 0.271. The number of anilines is 1. The number of methoxy groups -OCH3 is 1. The topological polar surface area (TPSA) is 67.8 Å². The number of ether oxygens (including phenoxy) is 2. The van der Waals surface area contributed by atoms with Gasteiger partial charge in [0.25, 0.3) is 0 Å². The summed E-state index contributed by atoms with van der Waals surface area (Å²) < 4.78 is 11.0. The fourth-order valence-electron chi connectivity index (χ4n) is 2.33. The molecule has 134 valence electrons. The second-order valence-electron chi connectivity index (χ2n) is 5.63. The van der Waals surface area contributed by atoms with E-state index in [9.17, 15) is 4.79 Å². The SMILES string of the molecule is CCCOc1cc(Cl)c(CNc2cc(C(=O)O)ccc2C)cc1OC. The summed E-state index contributed by atoms with van der Waals surface area (Å²) in [5.41, 5.74) is 2.78. The molecule has 0 saturated heterocycles. The van der Waals surface area contributed by atoms with Crippen molar-refractivity contribution in [2.24, 2.45) is 0 Å². The zero-order chi connectivity index (χ0) is 18.4. The van der Waals surface area contributed by atoms with Crippen molar-refractivity contribution in [3.8, 4) is 11.5 Å². The maximum Gasteiger partial charge on any atom is 0.335 e. The third kappa shape index (κ3) is 4.79. The Balaban J connectivity index is 2.20. The lowest BCUT2D eigenvalue weighted by Crippen LogP contribution is -2.05. The van der Waals surface area contributed by atoms with Crippen LogP contribution in [0.5, 0.6) is 11.5 Å². The van der Waals surface area contributed by atoms with Crippen LogP contribution in [0.4, 0.5) is 5.69 Å². The number of carbonyl (C=O) groups is 1. The van der Waals surface area contributed by atoms with Crippen molar-refractivity contribution in [2.75, 3.05) is 19.0 Å². The van der Waals surface area contributed by atoms with E-state index < -0.39 is 5.97 Å². The molecule has 0 atom stereocenters. The van der Waals surface area contributed by atoms with Crippen molar-refractivity contribution in [1.82, 2.24) is 0 Å². The Kier molecular flexibility index (Phi) is 6.53. The highest BCUT2D eigenvalue weighted by atomic mass is 35.5. The van der Waals surface area contributed by atoms with E-state index in [1.807, 2.05) is 19.9 Å². The first-order valence-electron chi connectivity index (χ1n) is 8.03. The predicted octanol–water partition coefficient (Wildman–Crippen LogP) is 4.76. The van der Waals surface area contributed by atoms with Gasteiger partial charge in [0.05, 0.1) is 19.3 Å². The van der Waals surface area contributed by atoms with E-state index in [1.165, 1.54) is 0 Å². The van der Waals surface area contributed by atoms with Crippen molar-refractivity contribution in [3.05, 3.63) is 52.0 Å². The first-order chi connectivity index (χ1) is 12.0. The van der Waals surface area contributed by atoms with E-state index in [0.29, 0.717) is 29.7 Å². The first kappa shape index (κ1) is 18.9. The minimum absolute atomic E-state index is 0.236. The van der Waals surface area contributed by atoms with Crippen LogP contribution in [0.3, 0.4) is 0 Å². The standard InChI is InChI=1S/C19H22ClNO4/c1-4-7-25-18-10-15(20)14(9-17(18)24-3)11-21-16-8-13(19(22)23)6-5-12(16)2/h5-6,8-10,21H,4,7,11H2,1-3H3,(H,22,23). The van der Waals surface area contributed by atoms with Crippen molar-refractivity contribution < 1.29 is 19.4 Å². The number of carboxylic acid groups (broad SMARTS) is 1. The molecule has 2 N–H and O–H groups in total. The molecule has 0 saturated carbocycles. The molecule has 25 heavy (non-hydrogen) atoms. The molecule has 2 aromatic carbocycles. The summed E-state index contributed by atoms with van der Waals surface area (Å²) in [7, 11) is 1.58.